The van der Waals surface area contributed by atoms with Crippen molar-refractivity contribution in [1.29, 1.82) is 0 Å². The number of nitrogens with zero attached hydrogens (tertiary/aromatic N) is 2. The van der Waals surface area contributed by atoms with Crippen LogP contribution < -0.4 is 10.2 Å². The molecule has 178 valence electrons. The number of aliphatic carboxylic acids is 1. The zero-order chi connectivity index (χ0) is 23.8. The Bertz CT molecular complexity index is 939. The number of hydrogen-bond acceptors (Lipinski definition) is 5. The first-order valence-electron chi connectivity index (χ1n) is 11.8. The van der Waals surface area contributed by atoms with Gasteiger partial charge in [0.05, 0.1) is 18.5 Å². The lowest BCUT2D eigenvalue weighted by atomic mass is 9.94. The average Bonchev–Trinajstić information content (AvgIpc) is 2.81. The monoisotopic (exact) mass is 453 g/mol. The minimum Gasteiger partial charge on any atom is -0.481 e. The van der Waals surface area contributed by atoms with Gasteiger partial charge >= 0.3 is 5.97 Å². The van der Waals surface area contributed by atoms with Crippen molar-refractivity contribution < 1.29 is 19.4 Å². The Hall–Kier alpha value is -2.93. The molecule has 0 spiro atoms. The van der Waals surface area contributed by atoms with E-state index in [1.165, 1.54) is 0 Å². The highest BCUT2D eigenvalue weighted by atomic mass is 16.5. The van der Waals surface area contributed by atoms with Crippen LogP contribution in [-0.4, -0.2) is 47.8 Å². The fourth-order valence-corrected chi connectivity index (χ4v) is 4.39. The zero-order valence-corrected chi connectivity index (χ0v) is 19.8. The van der Waals surface area contributed by atoms with Crippen molar-refractivity contribution in [2.45, 2.75) is 64.8 Å². The van der Waals surface area contributed by atoms with Gasteiger partial charge in [0, 0.05) is 32.0 Å². The summed E-state index contributed by atoms with van der Waals surface area (Å²) in [6, 6.07) is 10.1. The van der Waals surface area contributed by atoms with Crippen LogP contribution in [0.15, 0.2) is 36.5 Å². The van der Waals surface area contributed by atoms with Crippen LogP contribution in [0.3, 0.4) is 0 Å². The lowest BCUT2D eigenvalue weighted by Crippen LogP contribution is -2.40. The van der Waals surface area contributed by atoms with E-state index in [1.54, 1.807) is 6.20 Å². The third-order valence-corrected chi connectivity index (χ3v) is 6.28. The predicted molar refractivity (Wildman–Crippen MR) is 130 cm³/mol. The highest BCUT2D eigenvalue weighted by Crippen LogP contribution is 2.33. The van der Waals surface area contributed by atoms with Gasteiger partial charge in [-0.1, -0.05) is 36.8 Å². The summed E-state index contributed by atoms with van der Waals surface area (Å²) in [4.78, 5) is 31.3. The second kappa shape index (κ2) is 11.8. The first-order valence-corrected chi connectivity index (χ1v) is 11.8. The largest absolute Gasteiger partial charge is 0.481 e. The summed E-state index contributed by atoms with van der Waals surface area (Å²) in [7, 11) is 0. The van der Waals surface area contributed by atoms with Crippen molar-refractivity contribution in [2.24, 2.45) is 0 Å². The minimum atomic E-state index is -0.840. The lowest BCUT2D eigenvalue weighted by molar-refractivity contribution is -0.137. The maximum atomic E-state index is 13.0. The van der Waals surface area contributed by atoms with Crippen LogP contribution >= 0.6 is 0 Å². The van der Waals surface area contributed by atoms with Gasteiger partial charge in [-0.3, -0.25) is 9.59 Å². The second-order valence-corrected chi connectivity index (χ2v) is 8.68. The Morgan fingerprint density at radius 1 is 1.21 bits per heavy atom. The smallest absolute Gasteiger partial charge is 0.303 e. The third-order valence-electron chi connectivity index (χ3n) is 6.28. The van der Waals surface area contributed by atoms with Crippen molar-refractivity contribution in [3.63, 3.8) is 0 Å². The van der Waals surface area contributed by atoms with Crippen LogP contribution in [0.2, 0.25) is 0 Å². The number of carbonyl (C=O) groups is 2. The van der Waals surface area contributed by atoms with Crippen LogP contribution in [0.25, 0.3) is 0 Å². The van der Waals surface area contributed by atoms with Gasteiger partial charge in [-0.15, -0.1) is 0 Å². The first-order chi connectivity index (χ1) is 15.9. The van der Waals surface area contributed by atoms with Gasteiger partial charge in [0.15, 0.2) is 5.82 Å². The molecule has 1 aliphatic rings. The second-order valence-electron chi connectivity index (χ2n) is 8.68. The molecule has 0 bridgehead atoms. The van der Waals surface area contributed by atoms with Crippen LogP contribution in [0.4, 0.5) is 11.5 Å². The summed E-state index contributed by atoms with van der Waals surface area (Å²) in [5, 5.41) is 12.4. The Kier molecular flexibility index (Phi) is 8.83. The summed E-state index contributed by atoms with van der Waals surface area (Å²) < 4.78 is 5.53. The van der Waals surface area contributed by atoms with E-state index in [0.29, 0.717) is 25.3 Å². The molecule has 1 saturated heterocycles. The van der Waals surface area contributed by atoms with E-state index < -0.39 is 5.97 Å². The van der Waals surface area contributed by atoms with Crippen molar-refractivity contribution in [1.82, 2.24) is 4.98 Å². The summed E-state index contributed by atoms with van der Waals surface area (Å²) in [5.41, 5.74) is 3.56. The molecule has 1 aromatic heterocycles. The summed E-state index contributed by atoms with van der Waals surface area (Å²) >= 11 is 0. The van der Waals surface area contributed by atoms with Gasteiger partial charge in [0.2, 0.25) is 5.91 Å². The number of hydrogen-bond donors (Lipinski definition) is 2. The minimum absolute atomic E-state index is 0.0335. The molecule has 7 heteroatoms. The highest BCUT2D eigenvalue weighted by molar-refractivity contribution is 5.95. The summed E-state index contributed by atoms with van der Waals surface area (Å²) in [6.07, 6.45) is 4.56. The van der Waals surface area contributed by atoms with Crippen molar-refractivity contribution >= 4 is 23.4 Å². The SMILES string of the molecule is CCC(CC(=O)O)c1cnc(N(CC)C2CCOCC2)c(NC(=O)Cc2ccc(C)cc2)c1. The zero-order valence-electron chi connectivity index (χ0n) is 19.8. The Morgan fingerprint density at radius 2 is 1.91 bits per heavy atom. The molecule has 1 aliphatic heterocycles. The molecule has 2 N–H and O–H groups in total. The van der Waals surface area contributed by atoms with Crippen molar-refractivity contribution in [3.05, 3.63) is 53.2 Å². The molecule has 3 rings (SSSR count). The number of carboxylic acids is 1. The fourth-order valence-electron chi connectivity index (χ4n) is 4.39. The Labute approximate surface area is 196 Å². The molecule has 0 radical (unpaired) electrons. The number of ether oxygens (including phenoxy) is 1. The van der Waals surface area contributed by atoms with E-state index in [4.69, 9.17) is 9.72 Å². The maximum Gasteiger partial charge on any atom is 0.303 e. The molecule has 2 aromatic rings. The fraction of sp³-hybridized carbons (Fsp3) is 0.500. The van der Waals surface area contributed by atoms with Gasteiger partial charge in [0.1, 0.15) is 0 Å². The van der Waals surface area contributed by atoms with E-state index in [2.05, 4.69) is 17.1 Å². The number of nitrogens with one attached hydrogen (secondary N) is 1. The van der Waals surface area contributed by atoms with E-state index >= 15 is 0 Å². The molecule has 33 heavy (non-hydrogen) atoms. The Morgan fingerprint density at radius 3 is 2.52 bits per heavy atom. The lowest BCUT2D eigenvalue weighted by Gasteiger charge is -2.35. The highest BCUT2D eigenvalue weighted by Gasteiger charge is 2.25. The molecule has 7 nitrogen and oxygen atoms in total. The number of pyridine rings is 1. The average molecular weight is 454 g/mol. The van der Waals surface area contributed by atoms with Crippen LogP contribution in [0.5, 0.6) is 0 Å². The number of aryl methyl sites for hydroxylation is 1. The first kappa shape index (κ1) is 24.7. The van der Waals surface area contributed by atoms with E-state index in [1.807, 2.05) is 44.2 Å². The van der Waals surface area contributed by atoms with E-state index in [-0.39, 0.29) is 30.7 Å². The van der Waals surface area contributed by atoms with Gasteiger partial charge in [-0.05, 0) is 56.2 Å². The molecule has 0 aliphatic carbocycles. The van der Waals surface area contributed by atoms with Crippen LogP contribution in [-0.2, 0) is 20.7 Å². The number of rotatable bonds is 10. The summed E-state index contributed by atoms with van der Waals surface area (Å²) in [6.45, 7) is 8.25. The number of carboxylic acid groups (broad SMARTS) is 1. The van der Waals surface area contributed by atoms with Gasteiger partial charge in [-0.2, -0.15) is 0 Å². The molecule has 1 aromatic carbocycles. The number of benzene rings is 1. The van der Waals surface area contributed by atoms with Crippen LogP contribution in [0.1, 0.15) is 62.1 Å². The molecule has 1 fully saturated rings. The topological polar surface area (TPSA) is 91.8 Å². The molecule has 1 amide bonds. The standard InChI is InChI=1S/C26H35N3O4/c1-4-20(16-25(31)32)21-15-23(28-24(30)14-19-8-6-18(3)7-9-19)26(27-17-21)29(5-2)22-10-12-33-13-11-22/h6-9,15,17,20,22H,4-5,10-14,16H2,1-3H3,(H,28,30)(H,31,32). The molecule has 1 unspecified atom stereocenters. The number of amides is 1. The normalized spacial score (nSPS) is 15.1. The number of aromatic nitrogens is 1. The van der Waals surface area contributed by atoms with Gasteiger partial charge < -0.3 is 20.1 Å². The predicted octanol–water partition coefficient (Wildman–Crippen LogP) is 4.54. The van der Waals surface area contributed by atoms with Crippen molar-refractivity contribution in [2.75, 3.05) is 30.0 Å². The van der Waals surface area contributed by atoms with Gasteiger partial charge in [-0.25, -0.2) is 4.98 Å². The molecule has 2 heterocycles. The molecule has 1 atom stereocenters. The molecular weight excluding hydrogens is 418 g/mol. The van der Waals surface area contributed by atoms with Crippen molar-refractivity contribution in [3.8, 4) is 0 Å². The van der Waals surface area contributed by atoms with Crippen LogP contribution in [0, 0.1) is 6.92 Å². The van der Waals surface area contributed by atoms with E-state index in [9.17, 15) is 14.7 Å². The number of anilines is 2. The molecular formula is C26H35N3O4. The van der Waals surface area contributed by atoms with E-state index in [0.717, 1.165) is 41.9 Å². The third kappa shape index (κ3) is 6.78. The Balaban J connectivity index is 1.91. The summed E-state index contributed by atoms with van der Waals surface area (Å²) in [5.74, 6) is -0.382. The van der Waals surface area contributed by atoms with Gasteiger partial charge in [0.25, 0.3) is 0 Å². The quantitative estimate of drug-likeness (QED) is 0.549. The maximum absolute atomic E-state index is 13.0. The molecule has 0 saturated carbocycles. The number of carbonyl (C=O) groups excluding carboxylic acids is 1.